The molecule has 0 radical (unpaired) electrons. The summed E-state index contributed by atoms with van der Waals surface area (Å²) in [7, 11) is -4.27. The molecule has 0 bridgehead atoms. The fourth-order valence-corrected chi connectivity index (χ4v) is 6.98. The molecule has 0 spiro atoms. The van der Waals surface area contributed by atoms with Crippen LogP contribution in [0.25, 0.3) is 0 Å². The predicted octanol–water partition coefficient (Wildman–Crippen LogP) is 7.14. The lowest BCUT2D eigenvalue weighted by atomic mass is 10.0. The van der Waals surface area contributed by atoms with Crippen molar-refractivity contribution >= 4 is 50.7 Å². The third-order valence-electron chi connectivity index (χ3n) is 7.50. The largest absolute Gasteiger partial charge is 0.492 e. The number of halogens is 2. The summed E-state index contributed by atoms with van der Waals surface area (Å²) in [6.07, 6.45) is 1.83. The zero-order chi connectivity index (χ0) is 33.8. The van der Waals surface area contributed by atoms with Gasteiger partial charge in [0.1, 0.15) is 18.3 Å². The minimum absolute atomic E-state index is 0.00421. The Bertz CT molecular complexity index is 1740. The maximum atomic E-state index is 14.7. The fraction of sp³-hybridized carbons (Fsp3) is 0.278. The van der Waals surface area contributed by atoms with Crippen LogP contribution in [0.4, 0.5) is 5.69 Å². The van der Waals surface area contributed by atoms with Crippen LogP contribution in [-0.2, 0) is 32.6 Å². The van der Waals surface area contributed by atoms with Crippen LogP contribution in [0.1, 0.15) is 37.8 Å². The van der Waals surface area contributed by atoms with Crippen molar-refractivity contribution in [3.05, 3.63) is 124 Å². The van der Waals surface area contributed by atoms with Crippen LogP contribution in [0.3, 0.4) is 0 Å². The second-order valence-electron chi connectivity index (χ2n) is 10.8. The fourth-order valence-electron chi connectivity index (χ4n) is 5.07. The van der Waals surface area contributed by atoms with Gasteiger partial charge in [0.2, 0.25) is 11.8 Å². The molecule has 11 heteroatoms. The Morgan fingerprint density at radius 2 is 1.53 bits per heavy atom. The zero-order valence-electron chi connectivity index (χ0n) is 26.4. The van der Waals surface area contributed by atoms with Gasteiger partial charge >= 0.3 is 0 Å². The number of carbonyl (C=O) groups excluding carboxylic acids is 2. The van der Waals surface area contributed by atoms with Crippen molar-refractivity contribution in [2.75, 3.05) is 24.0 Å². The first-order chi connectivity index (χ1) is 22.6. The number of amides is 2. The normalized spacial score (nSPS) is 11.8. The van der Waals surface area contributed by atoms with Gasteiger partial charge in [0, 0.05) is 29.6 Å². The minimum Gasteiger partial charge on any atom is -0.492 e. The van der Waals surface area contributed by atoms with E-state index >= 15 is 0 Å². The van der Waals surface area contributed by atoms with Gasteiger partial charge in [-0.05, 0) is 60.9 Å². The van der Waals surface area contributed by atoms with Gasteiger partial charge in [0.05, 0.1) is 17.2 Å². The SMILES string of the molecule is CCCCNC(=O)[C@H](Cc1ccccc1)N(Cc1ccc(Cl)cc1Cl)C(=O)CN(c1ccccc1OCC)S(=O)(=O)c1ccccc1. The van der Waals surface area contributed by atoms with Crippen LogP contribution in [0, 0.1) is 0 Å². The number of ether oxygens (including phenoxy) is 1. The van der Waals surface area contributed by atoms with Gasteiger partial charge in [-0.2, -0.15) is 0 Å². The van der Waals surface area contributed by atoms with Gasteiger partial charge in [-0.15, -0.1) is 0 Å². The van der Waals surface area contributed by atoms with Gasteiger partial charge in [0.25, 0.3) is 10.0 Å². The molecule has 47 heavy (non-hydrogen) atoms. The highest BCUT2D eigenvalue weighted by Gasteiger charge is 2.35. The number of hydrogen-bond acceptors (Lipinski definition) is 5. The van der Waals surface area contributed by atoms with Crippen molar-refractivity contribution in [1.82, 2.24) is 10.2 Å². The van der Waals surface area contributed by atoms with Crippen LogP contribution in [0.5, 0.6) is 5.75 Å². The monoisotopic (exact) mass is 695 g/mol. The van der Waals surface area contributed by atoms with Gasteiger partial charge in [-0.25, -0.2) is 8.42 Å². The number of anilines is 1. The van der Waals surface area contributed by atoms with Gasteiger partial charge in [-0.1, -0.05) is 103 Å². The third-order valence-corrected chi connectivity index (χ3v) is 9.86. The molecule has 1 atom stereocenters. The third kappa shape index (κ3) is 9.50. The highest BCUT2D eigenvalue weighted by molar-refractivity contribution is 7.92. The molecular formula is C36H39Cl2N3O5S. The number of nitrogens with one attached hydrogen (secondary N) is 1. The number of unbranched alkanes of at least 4 members (excludes halogenated alkanes) is 1. The topological polar surface area (TPSA) is 96.0 Å². The Labute approximate surface area is 287 Å². The average molecular weight is 697 g/mol. The van der Waals surface area contributed by atoms with Gasteiger partial charge < -0.3 is 15.0 Å². The van der Waals surface area contributed by atoms with E-state index in [4.69, 9.17) is 27.9 Å². The Balaban J connectivity index is 1.84. The van der Waals surface area contributed by atoms with E-state index in [1.54, 1.807) is 67.6 Å². The van der Waals surface area contributed by atoms with Crippen LogP contribution >= 0.6 is 23.2 Å². The predicted molar refractivity (Wildman–Crippen MR) is 187 cm³/mol. The molecule has 4 aromatic carbocycles. The molecule has 4 rings (SSSR count). The first-order valence-electron chi connectivity index (χ1n) is 15.5. The van der Waals surface area contributed by atoms with Gasteiger partial charge in [-0.3, -0.25) is 13.9 Å². The van der Waals surface area contributed by atoms with Crippen LogP contribution in [-0.4, -0.2) is 50.9 Å². The number of sulfonamides is 1. The smallest absolute Gasteiger partial charge is 0.264 e. The van der Waals surface area contributed by atoms with Crippen molar-refractivity contribution in [3.8, 4) is 5.75 Å². The van der Waals surface area contributed by atoms with E-state index < -0.39 is 28.5 Å². The van der Waals surface area contributed by atoms with E-state index in [9.17, 15) is 18.0 Å². The van der Waals surface area contributed by atoms with E-state index in [2.05, 4.69) is 5.32 Å². The average Bonchev–Trinajstić information content (AvgIpc) is 3.07. The first kappa shape index (κ1) is 35.8. The Kier molecular flexibility index (Phi) is 13.1. The molecule has 4 aromatic rings. The molecule has 8 nitrogen and oxygen atoms in total. The van der Waals surface area contributed by atoms with Crippen molar-refractivity contribution in [2.45, 2.75) is 50.6 Å². The number of hydrogen-bond donors (Lipinski definition) is 1. The molecule has 0 fully saturated rings. The number of rotatable bonds is 16. The molecular weight excluding hydrogens is 657 g/mol. The van der Waals surface area contributed by atoms with Crippen LogP contribution in [0.2, 0.25) is 10.0 Å². The molecule has 0 unspecified atom stereocenters. The second-order valence-corrected chi connectivity index (χ2v) is 13.5. The van der Waals surface area contributed by atoms with E-state index in [0.29, 0.717) is 27.9 Å². The molecule has 1 N–H and O–H groups in total. The Morgan fingerprint density at radius 3 is 2.19 bits per heavy atom. The maximum absolute atomic E-state index is 14.7. The van der Waals surface area contributed by atoms with E-state index in [1.165, 1.54) is 17.0 Å². The molecule has 0 saturated carbocycles. The molecule has 0 aromatic heterocycles. The van der Waals surface area contributed by atoms with E-state index in [1.807, 2.05) is 37.3 Å². The number of benzene rings is 4. The standard InChI is InChI=1S/C36H39Cl2N3O5S/c1-3-5-22-39-36(43)33(23-27-14-8-6-9-15-27)40(25-28-20-21-29(37)24-31(28)38)35(42)26-41(32-18-12-13-19-34(32)46-4-2)47(44,45)30-16-10-7-11-17-30/h6-21,24,33H,3-5,22-23,25-26H2,1-2H3,(H,39,43)/t33-/m0/s1. The quantitative estimate of drug-likeness (QED) is 0.126. The summed E-state index contributed by atoms with van der Waals surface area (Å²) in [6, 6.07) is 27.9. The Morgan fingerprint density at radius 1 is 0.872 bits per heavy atom. The molecule has 0 aliphatic carbocycles. The summed E-state index contributed by atoms with van der Waals surface area (Å²) >= 11 is 12.8. The summed E-state index contributed by atoms with van der Waals surface area (Å²) < 4.78 is 35.4. The van der Waals surface area contributed by atoms with Gasteiger partial charge in [0.15, 0.2) is 0 Å². The van der Waals surface area contributed by atoms with E-state index in [-0.39, 0.29) is 36.1 Å². The second kappa shape index (κ2) is 17.2. The van der Waals surface area contributed by atoms with Crippen molar-refractivity contribution in [1.29, 1.82) is 0 Å². The minimum atomic E-state index is -4.27. The summed E-state index contributed by atoms with van der Waals surface area (Å²) in [4.78, 5) is 30.0. The zero-order valence-corrected chi connectivity index (χ0v) is 28.8. The number of nitrogens with zero attached hydrogens (tertiary/aromatic N) is 2. The Hall–Kier alpha value is -4.05. The summed E-state index contributed by atoms with van der Waals surface area (Å²) in [6.45, 7) is 3.84. The number of carbonyl (C=O) groups is 2. The highest BCUT2D eigenvalue weighted by Crippen LogP contribution is 2.33. The molecule has 248 valence electrons. The lowest BCUT2D eigenvalue weighted by Crippen LogP contribution is -2.53. The van der Waals surface area contributed by atoms with Crippen LogP contribution in [0.15, 0.2) is 108 Å². The van der Waals surface area contributed by atoms with Crippen LogP contribution < -0.4 is 14.4 Å². The summed E-state index contributed by atoms with van der Waals surface area (Å²) in [5.41, 5.74) is 1.58. The van der Waals surface area contributed by atoms with Crippen molar-refractivity contribution in [2.24, 2.45) is 0 Å². The maximum Gasteiger partial charge on any atom is 0.264 e. The van der Waals surface area contributed by atoms with E-state index in [0.717, 1.165) is 22.7 Å². The van der Waals surface area contributed by atoms with Crippen molar-refractivity contribution in [3.63, 3.8) is 0 Å². The van der Waals surface area contributed by atoms with Crippen molar-refractivity contribution < 1.29 is 22.7 Å². The number of para-hydroxylation sites is 2. The lowest BCUT2D eigenvalue weighted by Gasteiger charge is -2.34. The first-order valence-corrected chi connectivity index (χ1v) is 17.7. The molecule has 0 aliphatic rings. The molecule has 0 aliphatic heterocycles. The summed E-state index contributed by atoms with van der Waals surface area (Å²) in [5, 5.41) is 3.71. The summed E-state index contributed by atoms with van der Waals surface area (Å²) in [5.74, 6) is -0.658. The molecule has 0 heterocycles. The molecule has 0 saturated heterocycles. The highest BCUT2D eigenvalue weighted by atomic mass is 35.5. The lowest BCUT2D eigenvalue weighted by molar-refractivity contribution is -0.140. The molecule has 2 amide bonds.